The molecule has 0 aromatic heterocycles. The second kappa shape index (κ2) is 9.78. The zero-order valence-electron chi connectivity index (χ0n) is 15.8. The van der Waals surface area contributed by atoms with Crippen molar-refractivity contribution in [2.45, 2.75) is 65.3 Å². The van der Waals surface area contributed by atoms with Crippen LogP contribution in [-0.4, -0.2) is 66.5 Å². The lowest BCUT2D eigenvalue weighted by molar-refractivity contribution is -0.293. The van der Waals surface area contributed by atoms with E-state index in [0.29, 0.717) is 0 Å². The molecule has 1 aliphatic rings. The van der Waals surface area contributed by atoms with Gasteiger partial charge in [-0.3, -0.25) is 24.0 Å². The van der Waals surface area contributed by atoms with Crippen LogP contribution in [0, 0.1) is 0 Å². The zero-order chi connectivity index (χ0) is 21.6. The molecule has 0 N–H and O–H groups in total. The zero-order valence-corrected chi connectivity index (χ0v) is 15.8. The number of hydrogen-bond donors (Lipinski definition) is 0. The minimum absolute atomic E-state index is 0.866. The Hall–Kier alpha value is -3.02. The van der Waals surface area contributed by atoms with Crippen molar-refractivity contribution in [2.24, 2.45) is 0 Å². The van der Waals surface area contributed by atoms with Gasteiger partial charge >= 0.3 is 35.8 Å². The molecular formula is C16H20O12. The van der Waals surface area contributed by atoms with E-state index in [1.807, 2.05) is 0 Å². The van der Waals surface area contributed by atoms with E-state index in [0.717, 1.165) is 34.6 Å². The van der Waals surface area contributed by atoms with Crippen LogP contribution in [0.4, 0.5) is 0 Å². The maximum atomic E-state index is 12.2. The fourth-order valence-corrected chi connectivity index (χ4v) is 2.42. The monoisotopic (exact) mass is 404 g/mol. The largest absolute Gasteiger partial charge is 0.455 e. The SMILES string of the molecule is CC(=O)OC(=O)C1OC(OC(C)=O)C(OC(C)=O)C(OC(C)=O)C1OC(C)=O. The summed E-state index contributed by atoms with van der Waals surface area (Å²) in [4.78, 5) is 69.2. The summed E-state index contributed by atoms with van der Waals surface area (Å²) in [5.74, 6) is -5.83. The van der Waals surface area contributed by atoms with Crippen LogP contribution in [0.5, 0.6) is 0 Å². The molecule has 0 radical (unpaired) electrons. The first-order valence-corrected chi connectivity index (χ1v) is 7.99. The van der Waals surface area contributed by atoms with Crippen LogP contribution >= 0.6 is 0 Å². The lowest BCUT2D eigenvalue weighted by atomic mass is 9.97. The Morgan fingerprint density at radius 3 is 1.43 bits per heavy atom. The van der Waals surface area contributed by atoms with Crippen molar-refractivity contribution in [1.29, 1.82) is 0 Å². The Morgan fingerprint density at radius 1 is 0.571 bits per heavy atom. The molecule has 12 heteroatoms. The Labute approximate surface area is 159 Å². The second-order valence-electron chi connectivity index (χ2n) is 5.67. The molecule has 1 rings (SSSR count). The molecule has 0 saturated carbocycles. The third-order valence-electron chi connectivity index (χ3n) is 3.16. The van der Waals surface area contributed by atoms with Gasteiger partial charge in [0, 0.05) is 34.6 Å². The highest BCUT2D eigenvalue weighted by Crippen LogP contribution is 2.30. The van der Waals surface area contributed by atoms with Gasteiger partial charge in [-0.1, -0.05) is 0 Å². The molecule has 5 atom stereocenters. The summed E-state index contributed by atoms with van der Waals surface area (Å²) in [7, 11) is 0. The summed E-state index contributed by atoms with van der Waals surface area (Å²) in [6, 6.07) is 0. The summed E-state index contributed by atoms with van der Waals surface area (Å²) in [5, 5.41) is 0. The average molecular weight is 404 g/mol. The van der Waals surface area contributed by atoms with Crippen LogP contribution in [0.2, 0.25) is 0 Å². The van der Waals surface area contributed by atoms with Gasteiger partial charge in [0.2, 0.25) is 12.4 Å². The number of esters is 6. The van der Waals surface area contributed by atoms with Crippen LogP contribution in [0.25, 0.3) is 0 Å². The first-order chi connectivity index (χ1) is 12.9. The Bertz CT molecular complexity index is 669. The van der Waals surface area contributed by atoms with Crippen LogP contribution in [0.15, 0.2) is 0 Å². The van der Waals surface area contributed by atoms with E-state index in [2.05, 4.69) is 4.74 Å². The predicted molar refractivity (Wildman–Crippen MR) is 83.9 cm³/mol. The fraction of sp³-hybridized carbons (Fsp3) is 0.625. The van der Waals surface area contributed by atoms with Gasteiger partial charge in [0.1, 0.15) is 0 Å². The standard InChI is InChI=1S/C16H20O12/c1-6(17)23-11-12(24-7(2)18)14(25-8(3)19)16(27-10(5)21)28-13(11)15(22)26-9(4)20/h11-14,16H,1-5H3. The summed E-state index contributed by atoms with van der Waals surface area (Å²) in [6.07, 6.45) is -8.39. The highest BCUT2D eigenvalue weighted by Gasteiger charge is 2.56. The lowest BCUT2D eigenvalue weighted by Gasteiger charge is -2.42. The van der Waals surface area contributed by atoms with Gasteiger partial charge < -0.3 is 28.4 Å². The Balaban J connectivity index is 3.42. The van der Waals surface area contributed by atoms with Gasteiger partial charge in [-0.05, 0) is 0 Å². The van der Waals surface area contributed by atoms with Gasteiger partial charge in [0.25, 0.3) is 0 Å². The number of carbonyl (C=O) groups excluding carboxylic acids is 6. The maximum absolute atomic E-state index is 12.2. The molecule has 0 amide bonds. The van der Waals surface area contributed by atoms with Crippen molar-refractivity contribution in [1.82, 2.24) is 0 Å². The van der Waals surface area contributed by atoms with E-state index >= 15 is 0 Å². The summed E-state index contributed by atoms with van der Waals surface area (Å²) in [5.41, 5.74) is 0. The highest BCUT2D eigenvalue weighted by molar-refractivity contribution is 5.87. The molecule has 1 saturated heterocycles. The van der Waals surface area contributed by atoms with Crippen molar-refractivity contribution >= 4 is 35.8 Å². The van der Waals surface area contributed by atoms with E-state index in [1.165, 1.54) is 0 Å². The number of carbonyl (C=O) groups is 6. The molecule has 0 aromatic rings. The maximum Gasteiger partial charge on any atom is 0.347 e. The van der Waals surface area contributed by atoms with E-state index in [9.17, 15) is 28.8 Å². The molecule has 0 aliphatic carbocycles. The third kappa shape index (κ3) is 6.61. The summed E-state index contributed by atoms with van der Waals surface area (Å²) in [6.45, 7) is 4.98. The average Bonchev–Trinajstić information content (AvgIpc) is 2.50. The van der Waals surface area contributed by atoms with Gasteiger partial charge in [0.05, 0.1) is 0 Å². The molecule has 1 aliphatic heterocycles. The van der Waals surface area contributed by atoms with E-state index in [4.69, 9.17) is 23.7 Å². The molecule has 1 heterocycles. The second-order valence-corrected chi connectivity index (χ2v) is 5.67. The quantitative estimate of drug-likeness (QED) is 0.318. The minimum Gasteiger partial charge on any atom is -0.455 e. The Kier molecular flexibility index (Phi) is 8.04. The van der Waals surface area contributed by atoms with Crippen LogP contribution in [0.3, 0.4) is 0 Å². The van der Waals surface area contributed by atoms with E-state index in [-0.39, 0.29) is 0 Å². The molecule has 28 heavy (non-hydrogen) atoms. The fourth-order valence-electron chi connectivity index (χ4n) is 2.42. The molecular weight excluding hydrogens is 384 g/mol. The van der Waals surface area contributed by atoms with Crippen molar-refractivity contribution in [3.8, 4) is 0 Å². The lowest BCUT2D eigenvalue weighted by Crippen LogP contribution is -2.64. The molecule has 0 spiro atoms. The van der Waals surface area contributed by atoms with Crippen LogP contribution in [0.1, 0.15) is 34.6 Å². The van der Waals surface area contributed by atoms with Crippen molar-refractivity contribution < 1.29 is 57.2 Å². The molecule has 12 nitrogen and oxygen atoms in total. The minimum atomic E-state index is -1.83. The first-order valence-electron chi connectivity index (χ1n) is 7.99. The Morgan fingerprint density at radius 2 is 1.00 bits per heavy atom. The third-order valence-corrected chi connectivity index (χ3v) is 3.16. The predicted octanol–water partition coefficient (Wildman–Crippen LogP) is -0.841. The van der Waals surface area contributed by atoms with Gasteiger partial charge in [-0.2, -0.15) is 0 Å². The van der Waals surface area contributed by atoms with Gasteiger partial charge in [-0.25, -0.2) is 4.79 Å². The molecule has 156 valence electrons. The first kappa shape index (κ1) is 23.0. The number of rotatable bonds is 5. The van der Waals surface area contributed by atoms with Gasteiger partial charge in [-0.15, -0.1) is 0 Å². The van der Waals surface area contributed by atoms with Crippen LogP contribution in [-0.2, 0) is 57.2 Å². The van der Waals surface area contributed by atoms with Crippen LogP contribution < -0.4 is 0 Å². The number of hydrogen-bond acceptors (Lipinski definition) is 12. The molecule has 5 unspecified atom stereocenters. The van der Waals surface area contributed by atoms with Crippen molar-refractivity contribution in [2.75, 3.05) is 0 Å². The van der Waals surface area contributed by atoms with Crippen molar-refractivity contribution in [3.63, 3.8) is 0 Å². The topological polar surface area (TPSA) is 158 Å². The summed E-state index contributed by atoms with van der Waals surface area (Å²) >= 11 is 0. The van der Waals surface area contributed by atoms with Crippen molar-refractivity contribution in [3.05, 3.63) is 0 Å². The molecule has 0 aromatic carbocycles. The highest BCUT2D eigenvalue weighted by atomic mass is 16.8. The summed E-state index contributed by atoms with van der Waals surface area (Å²) < 4.78 is 29.7. The van der Waals surface area contributed by atoms with E-state index in [1.54, 1.807) is 0 Å². The van der Waals surface area contributed by atoms with E-state index < -0.39 is 66.5 Å². The number of ether oxygens (including phenoxy) is 6. The smallest absolute Gasteiger partial charge is 0.347 e. The van der Waals surface area contributed by atoms with Gasteiger partial charge in [0.15, 0.2) is 18.3 Å². The molecule has 0 bridgehead atoms. The molecule has 1 fully saturated rings. The normalized spacial score (nSPS) is 26.4.